The Kier molecular flexibility index (Phi) is 5.92. The minimum Gasteiger partial charge on any atom is -0.339 e. The molecule has 0 aliphatic carbocycles. The summed E-state index contributed by atoms with van der Waals surface area (Å²) in [6, 6.07) is 19.3. The minimum absolute atomic E-state index is 0.000479. The first kappa shape index (κ1) is 21.3. The van der Waals surface area contributed by atoms with Crippen LogP contribution in [-0.2, 0) is 0 Å². The number of thiophene rings is 1. The number of hydrogen-bond acceptors (Lipinski definition) is 4. The number of piperidine rings is 1. The molecule has 1 aliphatic heterocycles. The summed E-state index contributed by atoms with van der Waals surface area (Å²) in [7, 11) is 0. The van der Waals surface area contributed by atoms with Crippen LogP contribution in [0.3, 0.4) is 0 Å². The zero-order valence-corrected chi connectivity index (χ0v) is 19.3. The Bertz CT molecular complexity index is 1320. The van der Waals surface area contributed by atoms with Crippen molar-refractivity contribution in [3.05, 3.63) is 83.6 Å². The molecule has 0 saturated carbocycles. The maximum absolute atomic E-state index is 13.6. The summed E-state index contributed by atoms with van der Waals surface area (Å²) in [5.41, 5.74) is 3.87. The van der Waals surface area contributed by atoms with Gasteiger partial charge < -0.3 is 10.2 Å². The fraction of sp³-hybridized carbons (Fsp3) is 0.222. The molecule has 2 aromatic carbocycles. The molecular formula is C27H25N3O2S. The van der Waals surface area contributed by atoms with Crippen LogP contribution in [0.1, 0.15) is 45.5 Å². The molecule has 166 valence electrons. The van der Waals surface area contributed by atoms with E-state index in [-0.39, 0.29) is 11.8 Å². The highest BCUT2D eigenvalue weighted by Gasteiger charge is 2.28. The van der Waals surface area contributed by atoms with Gasteiger partial charge in [0.05, 0.1) is 11.1 Å². The van der Waals surface area contributed by atoms with E-state index in [9.17, 15) is 9.59 Å². The van der Waals surface area contributed by atoms with E-state index in [2.05, 4.69) is 10.3 Å². The van der Waals surface area contributed by atoms with Crippen LogP contribution in [0.25, 0.3) is 21.3 Å². The third-order valence-corrected chi connectivity index (χ3v) is 7.41. The predicted molar refractivity (Wildman–Crippen MR) is 134 cm³/mol. The second kappa shape index (κ2) is 9.16. The third kappa shape index (κ3) is 4.14. The number of fused-ring (bicyclic) bond motifs is 1. The fourth-order valence-electron chi connectivity index (χ4n) is 4.45. The number of benzene rings is 2. The first-order valence-corrected chi connectivity index (χ1v) is 12.1. The van der Waals surface area contributed by atoms with E-state index >= 15 is 0 Å². The van der Waals surface area contributed by atoms with Crippen LogP contribution in [0.15, 0.2) is 66.9 Å². The lowest BCUT2D eigenvalue weighted by molar-refractivity contribution is 0.0725. The number of amides is 2. The largest absolute Gasteiger partial charge is 0.339 e. The topological polar surface area (TPSA) is 62.3 Å². The molecule has 1 fully saturated rings. The van der Waals surface area contributed by atoms with Crippen molar-refractivity contribution in [3.8, 4) is 10.4 Å². The van der Waals surface area contributed by atoms with E-state index in [1.807, 2.05) is 66.4 Å². The number of hydrogen-bond donors (Lipinski definition) is 1. The normalized spacial score (nSPS) is 13.8. The van der Waals surface area contributed by atoms with Crippen LogP contribution in [0.5, 0.6) is 0 Å². The lowest BCUT2D eigenvalue weighted by atomic mass is 10.0. The number of aromatic nitrogens is 1. The maximum atomic E-state index is 13.6. The van der Waals surface area contributed by atoms with Gasteiger partial charge in [0.15, 0.2) is 0 Å². The second-order valence-corrected chi connectivity index (χ2v) is 9.33. The summed E-state index contributed by atoms with van der Waals surface area (Å²) >= 11 is 1.46. The van der Waals surface area contributed by atoms with Crippen LogP contribution < -0.4 is 5.32 Å². The van der Waals surface area contributed by atoms with Crippen molar-refractivity contribution in [1.82, 2.24) is 9.88 Å². The zero-order valence-electron chi connectivity index (χ0n) is 18.5. The molecule has 0 atom stereocenters. The monoisotopic (exact) mass is 455 g/mol. The molecule has 0 unspecified atom stereocenters. The van der Waals surface area contributed by atoms with Crippen molar-refractivity contribution >= 4 is 39.1 Å². The highest BCUT2D eigenvalue weighted by Crippen LogP contribution is 2.41. The average molecular weight is 456 g/mol. The van der Waals surface area contributed by atoms with E-state index in [0.29, 0.717) is 16.1 Å². The van der Waals surface area contributed by atoms with Crippen molar-refractivity contribution in [1.29, 1.82) is 0 Å². The van der Waals surface area contributed by atoms with E-state index in [4.69, 9.17) is 0 Å². The van der Waals surface area contributed by atoms with Gasteiger partial charge in [0, 0.05) is 35.1 Å². The Balaban J connectivity index is 1.56. The third-order valence-electron chi connectivity index (χ3n) is 6.16. The van der Waals surface area contributed by atoms with Crippen LogP contribution in [0, 0.1) is 6.92 Å². The molecule has 3 heterocycles. The summed E-state index contributed by atoms with van der Waals surface area (Å²) < 4.78 is 0. The molecule has 2 amide bonds. The SMILES string of the molecule is Cc1c(-c2ccccc2)sc(NC(=O)c2cccc3ncccc23)c1C(=O)N1CCCCC1. The molecule has 1 saturated heterocycles. The van der Waals surface area contributed by atoms with Crippen LogP contribution in [-0.4, -0.2) is 34.8 Å². The molecule has 5 nitrogen and oxygen atoms in total. The van der Waals surface area contributed by atoms with Crippen molar-refractivity contribution < 1.29 is 9.59 Å². The van der Waals surface area contributed by atoms with Gasteiger partial charge in [-0.3, -0.25) is 14.6 Å². The van der Waals surface area contributed by atoms with E-state index < -0.39 is 0 Å². The molecule has 0 radical (unpaired) electrons. The quantitative estimate of drug-likeness (QED) is 0.401. The molecular weight excluding hydrogens is 430 g/mol. The number of nitrogens with one attached hydrogen (secondary N) is 1. The summed E-state index contributed by atoms with van der Waals surface area (Å²) in [6.45, 7) is 3.50. The molecule has 2 aromatic heterocycles. The highest BCUT2D eigenvalue weighted by molar-refractivity contribution is 7.20. The number of rotatable bonds is 4. The number of likely N-dealkylation sites (tertiary alicyclic amines) is 1. The number of carbonyl (C=O) groups excluding carboxylic acids is 2. The Hall–Kier alpha value is -3.51. The number of pyridine rings is 1. The van der Waals surface area contributed by atoms with Gasteiger partial charge in [-0.05, 0) is 55.5 Å². The van der Waals surface area contributed by atoms with Gasteiger partial charge in [-0.15, -0.1) is 11.3 Å². The smallest absolute Gasteiger partial charge is 0.257 e. The van der Waals surface area contributed by atoms with E-state index in [1.54, 1.807) is 12.3 Å². The molecule has 4 aromatic rings. The van der Waals surface area contributed by atoms with Gasteiger partial charge in [0.25, 0.3) is 11.8 Å². The van der Waals surface area contributed by atoms with Crippen molar-refractivity contribution in [2.75, 3.05) is 18.4 Å². The molecule has 0 spiro atoms. The number of anilines is 1. The molecule has 6 heteroatoms. The van der Waals surface area contributed by atoms with Gasteiger partial charge in [0.1, 0.15) is 5.00 Å². The molecule has 5 rings (SSSR count). The van der Waals surface area contributed by atoms with E-state index in [1.165, 1.54) is 11.3 Å². The summed E-state index contributed by atoms with van der Waals surface area (Å²) in [5, 5.41) is 4.47. The molecule has 1 N–H and O–H groups in total. The van der Waals surface area contributed by atoms with Crippen LogP contribution in [0.2, 0.25) is 0 Å². The second-order valence-electron chi connectivity index (χ2n) is 8.31. The van der Waals surface area contributed by atoms with Gasteiger partial charge in [-0.1, -0.05) is 42.5 Å². The van der Waals surface area contributed by atoms with Gasteiger partial charge in [-0.2, -0.15) is 0 Å². The zero-order chi connectivity index (χ0) is 22.8. The first-order chi connectivity index (χ1) is 16.1. The fourth-order valence-corrected chi connectivity index (χ4v) is 5.65. The minimum atomic E-state index is -0.234. The van der Waals surface area contributed by atoms with Gasteiger partial charge in [0.2, 0.25) is 0 Å². The maximum Gasteiger partial charge on any atom is 0.257 e. The van der Waals surface area contributed by atoms with E-state index in [0.717, 1.165) is 59.3 Å². The van der Waals surface area contributed by atoms with Crippen LogP contribution >= 0.6 is 11.3 Å². The lowest BCUT2D eigenvalue weighted by Gasteiger charge is -2.27. The summed E-state index contributed by atoms with van der Waals surface area (Å²) in [4.78, 5) is 34.3. The molecule has 33 heavy (non-hydrogen) atoms. The molecule has 1 aliphatic rings. The van der Waals surface area contributed by atoms with Gasteiger partial charge in [-0.25, -0.2) is 0 Å². The highest BCUT2D eigenvalue weighted by atomic mass is 32.1. The average Bonchev–Trinajstić information content (AvgIpc) is 3.19. The first-order valence-electron chi connectivity index (χ1n) is 11.3. The predicted octanol–water partition coefficient (Wildman–Crippen LogP) is 6.15. The van der Waals surface area contributed by atoms with Gasteiger partial charge >= 0.3 is 0 Å². The van der Waals surface area contributed by atoms with Crippen molar-refractivity contribution in [2.45, 2.75) is 26.2 Å². The Labute approximate surface area is 197 Å². The number of carbonyl (C=O) groups is 2. The molecule has 0 bridgehead atoms. The van der Waals surface area contributed by atoms with Crippen molar-refractivity contribution in [2.24, 2.45) is 0 Å². The standard InChI is InChI=1S/C27H25N3O2S/c1-18-23(27(32)30-16-6-3-7-17-30)26(33-24(18)19-10-4-2-5-11-19)29-25(31)21-12-8-14-22-20(21)13-9-15-28-22/h2,4-5,8-15H,3,6-7,16-17H2,1H3,(H,29,31). The summed E-state index contributed by atoms with van der Waals surface area (Å²) in [5.74, 6) is -0.234. The van der Waals surface area contributed by atoms with Crippen LogP contribution in [0.4, 0.5) is 5.00 Å². The Morgan fingerprint density at radius 2 is 1.73 bits per heavy atom. The number of nitrogens with zero attached hydrogens (tertiary/aromatic N) is 2. The lowest BCUT2D eigenvalue weighted by Crippen LogP contribution is -2.36. The Morgan fingerprint density at radius 1 is 0.939 bits per heavy atom. The Morgan fingerprint density at radius 3 is 2.52 bits per heavy atom. The summed E-state index contributed by atoms with van der Waals surface area (Å²) in [6.07, 6.45) is 4.91. The van der Waals surface area contributed by atoms with Crippen molar-refractivity contribution in [3.63, 3.8) is 0 Å².